The highest BCUT2D eigenvalue weighted by Crippen LogP contribution is 2.11. The third-order valence-electron chi connectivity index (χ3n) is 3.39. The molecule has 0 unspecified atom stereocenters. The molecule has 1 aromatic rings. The molecule has 0 spiro atoms. The molecule has 94 valence electrons. The van der Waals surface area contributed by atoms with Crippen molar-refractivity contribution >= 4 is 0 Å². The Hall–Kier alpha value is -1.06. The van der Waals surface area contributed by atoms with Crippen LogP contribution in [0.4, 0.5) is 0 Å². The Morgan fingerprint density at radius 2 is 1.82 bits per heavy atom. The zero-order chi connectivity index (χ0) is 12.1. The van der Waals surface area contributed by atoms with Gasteiger partial charge in [0, 0.05) is 19.6 Å². The summed E-state index contributed by atoms with van der Waals surface area (Å²) in [7, 11) is 2.16. The molecule has 1 heterocycles. The van der Waals surface area contributed by atoms with Gasteiger partial charge in [0.25, 0.3) is 0 Å². The van der Waals surface area contributed by atoms with Crippen LogP contribution in [0.3, 0.4) is 0 Å². The topological polar surface area (TPSA) is 26.7 Å². The van der Waals surface area contributed by atoms with Crippen molar-refractivity contribution in [1.82, 2.24) is 9.80 Å². The second-order valence-electron chi connectivity index (χ2n) is 4.95. The number of aromatic hydroxyl groups is 1. The van der Waals surface area contributed by atoms with Gasteiger partial charge in [-0.1, -0.05) is 12.1 Å². The van der Waals surface area contributed by atoms with Crippen LogP contribution in [-0.2, 0) is 6.54 Å². The van der Waals surface area contributed by atoms with Crippen LogP contribution in [0.15, 0.2) is 24.3 Å². The van der Waals surface area contributed by atoms with E-state index < -0.39 is 0 Å². The van der Waals surface area contributed by atoms with E-state index in [0.717, 1.165) is 13.1 Å². The smallest absolute Gasteiger partial charge is 0.115 e. The van der Waals surface area contributed by atoms with Crippen molar-refractivity contribution in [2.24, 2.45) is 0 Å². The molecule has 2 rings (SSSR count). The number of hydrogen-bond acceptors (Lipinski definition) is 3. The molecule has 0 saturated carbocycles. The first-order valence-electron chi connectivity index (χ1n) is 6.43. The van der Waals surface area contributed by atoms with Crippen molar-refractivity contribution in [3.63, 3.8) is 0 Å². The van der Waals surface area contributed by atoms with Crippen LogP contribution in [0.2, 0.25) is 0 Å². The van der Waals surface area contributed by atoms with Gasteiger partial charge in [0.15, 0.2) is 0 Å². The molecule has 3 nitrogen and oxygen atoms in total. The van der Waals surface area contributed by atoms with E-state index in [1.54, 1.807) is 12.1 Å². The lowest BCUT2D eigenvalue weighted by molar-refractivity contribution is 0.252. The van der Waals surface area contributed by atoms with Gasteiger partial charge in [0.2, 0.25) is 0 Å². The summed E-state index contributed by atoms with van der Waals surface area (Å²) >= 11 is 0. The summed E-state index contributed by atoms with van der Waals surface area (Å²) in [5.74, 6) is 0.341. The normalized spacial score (nSPS) is 16.8. The van der Waals surface area contributed by atoms with Gasteiger partial charge in [0.1, 0.15) is 5.75 Å². The van der Waals surface area contributed by atoms with E-state index in [4.69, 9.17) is 0 Å². The number of rotatable bonds is 5. The average Bonchev–Trinajstić information content (AvgIpc) is 2.83. The maximum absolute atomic E-state index is 9.22. The zero-order valence-corrected chi connectivity index (χ0v) is 10.6. The lowest BCUT2D eigenvalue weighted by Crippen LogP contribution is -2.31. The van der Waals surface area contributed by atoms with Crippen molar-refractivity contribution in [1.29, 1.82) is 0 Å². The summed E-state index contributed by atoms with van der Waals surface area (Å²) in [5.41, 5.74) is 1.26. The fraction of sp³-hybridized carbons (Fsp3) is 0.571. The third-order valence-corrected chi connectivity index (χ3v) is 3.39. The summed E-state index contributed by atoms with van der Waals surface area (Å²) in [4.78, 5) is 4.87. The lowest BCUT2D eigenvalue weighted by Gasteiger charge is -2.21. The molecule has 1 aromatic carbocycles. The van der Waals surface area contributed by atoms with E-state index >= 15 is 0 Å². The van der Waals surface area contributed by atoms with Crippen LogP contribution < -0.4 is 0 Å². The molecular formula is C14H22N2O. The first-order valence-corrected chi connectivity index (χ1v) is 6.43. The molecule has 1 fully saturated rings. The molecule has 1 aliphatic rings. The first kappa shape index (κ1) is 12.4. The van der Waals surface area contributed by atoms with Gasteiger partial charge < -0.3 is 14.9 Å². The summed E-state index contributed by atoms with van der Waals surface area (Å²) in [6.45, 7) is 5.78. The van der Waals surface area contributed by atoms with Gasteiger partial charge in [-0.2, -0.15) is 0 Å². The van der Waals surface area contributed by atoms with E-state index in [2.05, 4.69) is 16.8 Å². The number of nitrogens with zero attached hydrogens (tertiary/aromatic N) is 2. The minimum Gasteiger partial charge on any atom is -0.508 e. The number of phenols is 1. The Labute approximate surface area is 104 Å². The van der Waals surface area contributed by atoms with Crippen molar-refractivity contribution in [3.05, 3.63) is 29.8 Å². The Kier molecular flexibility index (Phi) is 4.40. The lowest BCUT2D eigenvalue weighted by atomic mass is 10.2. The molecule has 3 heteroatoms. The largest absolute Gasteiger partial charge is 0.508 e. The van der Waals surface area contributed by atoms with Gasteiger partial charge in [0.05, 0.1) is 0 Å². The van der Waals surface area contributed by atoms with E-state index in [-0.39, 0.29) is 0 Å². The number of likely N-dealkylation sites (N-methyl/N-ethyl adjacent to an activating group) is 1. The molecule has 0 aliphatic carbocycles. The van der Waals surface area contributed by atoms with E-state index in [1.165, 1.54) is 38.0 Å². The second-order valence-corrected chi connectivity index (χ2v) is 4.95. The molecule has 17 heavy (non-hydrogen) atoms. The number of phenolic OH excluding ortho intramolecular Hbond substituents is 1. The predicted molar refractivity (Wildman–Crippen MR) is 70.1 cm³/mol. The maximum Gasteiger partial charge on any atom is 0.115 e. The van der Waals surface area contributed by atoms with Crippen molar-refractivity contribution in [3.8, 4) is 5.75 Å². The molecule has 0 bridgehead atoms. The maximum atomic E-state index is 9.22. The molecule has 1 N–H and O–H groups in total. The summed E-state index contributed by atoms with van der Waals surface area (Å²) in [6, 6.07) is 7.48. The van der Waals surface area contributed by atoms with Crippen LogP contribution in [0.5, 0.6) is 5.75 Å². The zero-order valence-electron chi connectivity index (χ0n) is 10.6. The highest BCUT2D eigenvalue weighted by atomic mass is 16.3. The van der Waals surface area contributed by atoms with E-state index in [0.29, 0.717) is 5.75 Å². The van der Waals surface area contributed by atoms with Gasteiger partial charge in [-0.15, -0.1) is 0 Å². The Morgan fingerprint density at radius 3 is 2.47 bits per heavy atom. The molecule has 1 saturated heterocycles. The molecule has 0 amide bonds. The van der Waals surface area contributed by atoms with Gasteiger partial charge in [-0.3, -0.25) is 0 Å². The minimum atomic E-state index is 0.341. The van der Waals surface area contributed by atoms with Crippen molar-refractivity contribution in [2.75, 3.05) is 33.2 Å². The van der Waals surface area contributed by atoms with E-state index in [9.17, 15) is 5.11 Å². The number of benzene rings is 1. The van der Waals surface area contributed by atoms with Crippen LogP contribution in [0, 0.1) is 0 Å². The highest BCUT2D eigenvalue weighted by molar-refractivity contribution is 5.25. The molecule has 0 radical (unpaired) electrons. The molecule has 1 aliphatic heterocycles. The SMILES string of the molecule is CN(CCN1CCCC1)Cc1ccc(O)cc1. The van der Waals surface area contributed by atoms with Crippen molar-refractivity contribution < 1.29 is 5.11 Å². The number of hydrogen-bond donors (Lipinski definition) is 1. The van der Waals surface area contributed by atoms with Gasteiger partial charge in [-0.25, -0.2) is 0 Å². The number of likely N-dealkylation sites (tertiary alicyclic amines) is 1. The van der Waals surface area contributed by atoms with Crippen LogP contribution in [0.25, 0.3) is 0 Å². The van der Waals surface area contributed by atoms with Gasteiger partial charge in [-0.05, 0) is 50.7 Å². The predicted octanol–water partition coefficient (Wildman–Crippen LogP) is 1.92. The fourth-order valence-corrected chi connectivity index (χ4v) is 2.31. The quantitative estimate of drug-likeness (QED) is 0.843. The summed E-state index contributed by atoms with van der Waals surface area (Å²) in [6.07, 6.45) is 2.73. The van der Waals surface area contributed by atoms with Crippen LogP contribution in [0.1, 0.15) is 18.4 Å². The van der Waals surface area contributed by atoms with Crippen LogP contribution >= 0.6 is 0 Å². The fourth-order valence-electron chi connectivity index (χ4n) is 2.31. The standard InChI is InChI=1S/C14H22N2O/c1-15(10-11-16-8-2-3-9-16)12-13-4-6-14(17)7-5-13/h4-7,17H,2-3,8-12H2,1H3. The third kappa shape index (κ3) is 4.02. The summed E-state index contributed by atoms with van der Waals surface area (Å²) < 4.78 is 0. The minimum absolute atomic E-state index is 0.341. The summed E-state index contributed by atoms with van der Waals surface area (Å²) in [5, 5.41) is 9.22. The second kappa shape index (κ2) is 6.03. The van der Waals surface area contributed by atoms with Crippen molar-refractivity contribution in [2.45, 2.75) is 19.4 Å². The Bertz CT molecular complexity index is 331. The Balaban J connectivity index is 1.72. The van der Waals surface area contributed by atoms with Crippen LogP contribution in [-0.4, -0.2) is 48.1 Å². The Morgan fingerprint density at radius 1 is 1.18 bits per heavy atom. The molecular weight excluding hydrogens is 212 g/mol. The van der Waals surface area contributed by atoms with Gasteiger partial charge >= 0.3 is 0 Å². The first-order chi connectivity index (χ1) is 8.24. The monoisotopic (exact) mass is 234 g/mol. The average molecular weight is 234 g/mol. The molecule has 0 aromatic heterocycles. The highest BCUT2D eigenvalue weighted by Gasteiger charge is 2.11. The van der Waals surface area contributed by atoms with E-state index in [1.807, 2.05) is 12.1 Å². The molecule has 0 atom stereocenters.